The van der Waals surface area contributed by atoms with Crippen LogP contribution in [0.1, 0.15) is 35.5 Å². The second kappa shape index (κ2) is 8.26. The number of benzene rings is 1. The first kappa shape index (κ1) is 18.4. The van der Waals surface area contributed by atoms with Gasteiger partial charge in [0.25, 0.3) is 0 Å². The number of aryl methyl sites for hydroxylation is 1. The van der Waals surface area contributed by atoms with E-state index in [1.807, 2.05) is 37.3 Å². The van der Waals surface area contributed by atoms with E-state index in [1.165, 1.54) is 18.4 Å². The summed E-state index contributed by atoms with van der Waals surface area (Å²) in [5, 5.41) is 7.58. The van der Waals surface area contributed by atoms with Crippen LogP contribution in [-0.4, -0.2) is 24.2 Å². The molecular formula is C18H22N2O2S2. The highest BCUT2D eigenvalue weighted by Crippen LogP contribution is 2.40. The summed E-state index contributed by atoms with van der Waals surface area (Å²) >= 11 is 6.87. The lowest BCUT2D eigenvalue weighted by atomic mass is 10.0. The van der Waals surface area contributed by atoms with Crippen molar-refractivity contribution in [3.8, 4) is 11.1 Å². The number of methoxy groups -OCH3 is 1. The van der Waals surface area contributed by atoms with Crippen molar-refractivity contribution in [2.24, 2.45) is 0 Å². The molecule has 4 nitrogen and oxygen atoms in total. The highest BCUT2D eigenvalue weighted by molar-refractivity contribution is 7.80. The van der Waals surface area contributed by atoms with Crippen LogP contribution in [0.25, 0.3) is 11.1 Å². The van der Waals surface area contributed by atoms with Crippen LogP contribution in [0.15, 0.2) is 30.3 Å². The molecule has 0 saturated heterocycles. The molecule has 0 fully saturated rings. The Labute approximate surface area is 152 Å². The summed E-state index contributed by atoms with van der Waals surface area (Å²) in [4.78, 5) is 13.4. The molecule has 1 heterocycles. The van der Waals surface area contributed by atoms with Crippen molar-refractivity contribution in [2.75, 3.05) is 12.4 Å². The number of carbonyl (C=O) groups is 1. The lowest BCUT2D eigenvalue weighted by molar-refractivity contribution is 0.0603. The van der Waals surface area contributed by atoms with Crippen molar-refractivity contribution in [1.82, 2.24) is 5.32 Å². The molecular weight excluding hydrogens is 340 g/mol. The monoisotopic (exact) mass is 362 g/mol. The maximum absolute atomic E-state index is 12.4. The Kier molecular flexibility index (Phi) is 6.34. The lowest BCUT2D eigenvalue weighted by Crippen LogP contribution is -2.35. The zero-order valence-corrected chi connectivity index (χ0v) is 15.9. The van der Waals surface area contributed by atoms with Crippen LogP contribution >= 0.6 is 23.6 Å². The summed E-state index contributed by atoms with van der Waals surface area (Å²) < 4.78 is 5.00. The maximum atomic E-state index is 12.4. The number of nitrogens with one attached hydrogen (secondary N) is 2. The van der Waals surface area contributed by atoms with E-state index in [9.17, 15) is 4.79 Å². The molecule has 128 valence electrons. The number of hydrogen-bond donors (Lipinski definition) is 2. The molecule has 1 unspecified atom stereocenters. The van der Waals surface area contributed by atoms with Gasteiger partial charge in [0.05, 0.1) is 7.11 Å². The van der Waals surface area contributed by atoms with Gasteiger partial charge in [-0.2, -0.15) is 0 Å². The van der Waals surface area contributed by atoms with Gasteiger partial charge in [0, 0.05) is 16.5 Å². The Morgan fingerprint density at radius 1 is 1.33 bits per heavy atom. The van der Waals surface area contributed by atoms with E-state index < -0.39 is 0 Å². The zero-order valence-electron chi connectivity index (χ0n) is 14.3. The molecule has 1 aromatic carbocycles. The molecule has 24 heavy (non-hydrogen) atoms. The van der Waals surface area contributed by atoms with E-state index in [2.05, 4.69) is 24.5 Å². The minimum Gasteiger partial charge on any atom is -0.465 e. The minimum absolute atomic E-state index is 0.265. The van der Waals surface area contributed by atoms with Crippen molar-refractivity contribution < 1.29 is 9.53 Å². The van der Waals surface area contributed by atoms with E-state index in [1.54, 1.807) is 0 Å². The Hall–Kier alpha value is -1.92. The number of hydrogen-bond acceptors (Lipinski definition) is 4. The van der Waals surface area contributed by atoms with Gasteiger partial charge >= 0.3 is 5.97 Å². The summed E-state index contributed by atoms with van der Waals surface area (Å²) in [5.74, 6) is -0.368. The Morgan fingerprint density at radius 2 is 2.00 bits per heavy atom. The quantitative estimate of drug-likeness (QED) is 0.601. The average Bonchev–Trinajstić information content (AvgIpc) is 2.90. The average molecular weight is 363 g/mol. The second-order valence-corrected chi connectivity index (χ2v) is 7.14. The van der Waals surface area contributed by atoms with Gasteiger partial charge in [-0.1, -0.05) is 37.3 Å². The molecule has 1 aromatic heterocycles. The number of rotatable bonds is 5. The first-order valence-electron chi connectivity index (χ1n) is 7.82. The van der Waals surface area contributed by atoms with Gasteiger partial charge in [0.1, 0.15) is 10.6 Å². The molecule has 0 aliphatic carbocycles. The van der Waals surface area contributed by atoms with Crippen LogP contribution in [0.3, 0.4) is 0 Å². The minimum atomic E-state index is -0.368. The third kappa shape index (κ3) is 4.13. The third-order valence-electron chi connectivity index (χ3n) is 3.75. The number of thiocarbonyl (C=S) groups is 1. The molecule has 0 amide bonds. The van der Waals surface area contributed by atoms with Crippen LogP contribution in [0, 0.1) is 6.92 Å². The zero-order chi connectivity index (χ0) is 17.7. The van der Waals surface area contributed by atoms with Crippen LogP contribution in [0.5, 0.6) is 0 Å². The summed E-state index contributed by atoms with van der Waals surface area (Å²) in [6, 6.07) is 10.1. The fourth-order valence-corrected chi connectivity index (χ4v) is 3.78. The Balaban J connectivity index is 2.42. The molecule has 0 radical (unpaired) electrons. The SMILES string of the molecule is CCC(C)NC(=S)Nc1sc(C)c(-c2ccccc2)c1C(=O)OC. The predicted octanol–water partition coefficient (Wildman–Crippen LogP) is 4.60. The van der Waals surface area contributed by atoms with Crippen molar-refractivity contribution >= 4 is 39.6 Å². The first-order valence-corrected chi connectivity index (χ1v) is 9.05. The first-order chi connectivity index (χ1) is 11.5. The van der Waals surface area contributed by atoms with Gasteiger partial charge in [0.2, 0.25) is 0 Å². The number of anilines is 1. The second-order valence-electron chi connectivity index (χ2n) is 5.50. The van der Waals surface area contributed by atoms with Gasteiger partial charge in [-0.05, 0) is 38.0 Å². The molecule has 2 aromatic rings. The summed E-state index contributed by atoms with van der Waals surface area (Å²) in [5.41, 5.74) is 2.40. The number of ether oxygens (including phenoxy) is 1. The fraction of sp³-hybridized carbons (Fsp3) is 0.333. The van der Waals surface area contributed by atoms with Gasteiger partial charge in [-0.25, -0.2) is 4.79 Å². The van der Waals surface area contributed by atoms with E-state index in [0.29, 0.717) is 15.7 Å². The van der Waals surface area contributed by atoms with Crippen LogP contribution in [0.4, 0.5) is 5.00 Å². The molecule has 0 aliphatic rings. The molecule has 6 heteroatoms. The van der Waals surface area contributed by atoms with Gasteiger partial charge < -0.3 is 15.4 Å². The van der Waals surface area contributed by atoms with Crippen molar-refractivity contribution in [2.45, 2.75) is 33.2 Å². The molecule has 0 spiro atoms. The van der Waals surface area contributed by atoms with Crippen LogP contribution in [-0.2, 0) is 4.74 Å². The Bertz CT molecular complexity index is 726. The summed E-state index contributed by atoms with van der Waals surface area (Å²) in [7, 11) is 1.39. The van der Waals surface area contributed by atoms with Gasteiger partial charge in [-0.15, -0.1) is 11.3 Å². The smallest absolute Gasteiger partial charge is 0.341 e. The van der Waals surface area contributed by atoms with E-state index in [0.717, 1.165) is 22.4 Å². The van der Waals surface area contributed by atoms with E-state index in [-0.39, 0.29) is 12.0 Å². The summed E-state index contributed by atoms with van der Waals surface area (Å²) in [6.07, 6.45) is 0.963. The lowest BCUT2D eigenvalue weighted by Gasteiger charge is -2.15. The highest BCUT2D eigenvalue weighted by atomic mass is 32.1. The van der Waals surface area contributed by atoms with Crippen LogP contribution in [0.2, 0.25) is 0 Å². The predicted molar refractivity (Wildman–Crippen MR) is 105 cm³/mol. The maximum Gasteiger partial charge on any atom is 0.341 e. The molecule has 0 saturated carbocycles. The van der Waals surface area contributed by atoms with Crippen LogP contribution < -0.4 is 10.6 Å². The third-order valence-corrected chi connectivity index (χ3v) is 4.99. The van der Waals surface area contributed by atoms with Gasteiger partial charge in [0.15, 0.2) is 5.11 Å². The van der Waals surface area contributed by atoms with E-state index in [4.69, 9.17) is 17.0 Å². The standard InChI is InChI=1S/C18H22N2O2S2/c1-5-11(2)19-18(23)20-16-15(17(21)22-4)14(12(3)24-16)13-9-7-6-8-10-13/h6-11H,5H2,1-4H3,(H2,19,20,23). The normalized spacial score (nSPS) is 11.7. The van der Waals surface area contributed by atoms with Gasteiger partial charge in [-0.3, -0.25) is 0 Å². The molecule has 0 aliphatic heterocycles. The molecule has 1 atom stereocenters. The summed E-state index contributed by atoms with van der Waals surface area (Å²) in [6.45, 7) is 6.14. The molecule has 2 N–H and O–H groups in total. The number of thiophene rings is 1. The number of carbonyl (C=O) groups excluding carboxylic acids is 1. The van der Waals surface area contributed by atoms with Crippen molar-refractivity contribution in [3.63, 3.8) is 0 Å². The molecule has 0 bridgehead atoms. The van der Waals surface area contributed by atoms with E-state index >= 15 is 0 Å². The highest BCUT2D eigenvalue weighted by Gasteiger charge is 2.24. The number of esters is 1. The van der Waals surface area contributed by atoms with Crippen molar-refractivity contribution in [3.05, 3.63) is 40.8 Å². The Morgan fingerprint density at radius 3 is 2.58 bits per heavy atom. The van der Waals surface area contributed by atoms with Crippen molar-refractivity contribution in [1.29, 1.82) is 0 Å². The molecule has 2 rings (SSSR count). The fourth-order valence-electron chi connectivity index (χ4n) is 2.35. The largest absolute Gasteiger partial charge is 0.465 e. The topological polar surface area (TPSA) is 50.4 Å².